The first-order valence-electron chi connectivity index (χ1n) is 5.41. The van der Waals surface area contributed by atoms with Gasteiger partial charge in [0.15, 0.2) is 0 Å². The predicted molar refractivity (Wildman–Crippen MR) is 57.4 cm³/mol. The summed E-state index contributed by atoms with van der Waals surface area (Å²) in [4.78, 5) is 0. The van der Waals surface area contributed by atoms with E-state index in [0.29, 0.717) is 0 Å². The number of para-hydroxylation sites is 1. The molecule has 0 amide bonds. The van der Waals surface area contributed by atoms with Crippen molar-refractivity contribution in [1.82, 2.24) is 0 Å². The van der Waals surface area contributed by atoms with Gasteiger partial charge in [0.2, 0.25) is 0 Å². The third kappa shape index (κ3) is 1.16. The minimum atomic E-state index is 0.749. The first-order valence-corrected chi connectivity index (χ1v) is 5.41. The van der Waals surface area contributed by atoms with Gasteiger partial charge < -0.3 is 4.42 Å². The van der Waals surface area contributed by atoms with Crippen molar-refractivity contribution in [1.29, 1.82) is 0 Å². The Hall–Kier alpha value is -1.24. The van der Waals surface area contributed by atoms with E-state index in [1.165, 1.54) is 36.6 Å². The molecular formula is C13H14O. The molecule has 0 aliphatic heterocycles. The zero-order valence-corrected chi connectivity index (χ0v) is 8.20. The molecule has 1 aromatic heterocycles. The molecule has 1 nitrogen and oxygen atoms in total. The highest BCUT2D eigenvalue weighted by Crippen LogP contribution is 2.38. The third-order valence-electron chi connectivity index (χ3n) is 3.31. The van der Waals surface area contributed by atoms with E-state index in [0.717, 1.165) is 11.5 Å². The Kier molecular flexibility index (Phi) is 1.83. The Morgan fingerprint density at radius 1 is 1.07 bits per heavy atom. The molecule has 2 aromatic rings. The van der Waals surface area contributed by atoms with Gasteiger partial charge in [0, 0.05) is 10.9 Å². The van der Waals surface area contributed by atoms with E-state index in [-0.39, 0.29) is 0 Å². The first kappa shape index (κ1) is 8.10. The summed E-state index contributed by atoms with van der Waals surface area (Å²) in [6.45, 7) is 0. The number of rotatable bonds is 1. The van der Waals surface area contributed by atoms with Crippen LogP contribution in [0, 0.1) is 0 Å². The molecule has 1 aromatic carbocycles. The van der Waals surface area contributed by atoms with Crippen LogP contribution in [0.4, 0.5) is 0 Å². The largest absolute Gasteiger partial charge is 0.464 e. The van der Waals surface area contributed by atoms with Crippen molar-refractivity contribution >= 4 is 11.0 Å². The van der Waals surface area contributed by atoms with Crippen molar-refractivity contribution in [2.75, 3.05) is 0 Å². The van der Waals surface area contributed by atoms with Gasteiger partial charge >= 0.3 is 0 Å². The molecule has 0 radical (unpaired) electrons. The molecule has 0 atom stereocenters. The van der Waals surface area contributed by atoms with Crippen molar-refractivity contribution in [2.45, 2.75) is 31.6 Å². The Morgan fingerprint density at radius 3 is 2.71 bits per heavy atom. The predicted octanol–water partition coefficient (Wildman–Crippen LogP) is 4.09. The molecule has 1 saturated carbocycles. The van der Waals surface area contributed by atoms with Crippen LogP contribution in [0.2, 0.25) is 0 Å². The minimum Gasteiger partial charge on any atom is -0.464 e. The maximum absolute atomic E-state index is 5.56. The zero-order chi connectivity index (χ0) is 9.38. The second kappa shape index (κ2) is 3.16. The fourth-order valence-electron chi connectivity index (χ4n) is 2.55. The van der Waals surface area contributed by atoms with E-state index in [1.54, 1.807) is 0 Å². The minimum absolute atomic E-state index is 0.749. The number of hydrogen-bond acceptors (Lipinski definition) is 1. The van der Waals surface area contributed by atoms with Gasteiger partial charge in [-0.25, -0.2) is 0 Å². The van der Waals surface area contributed by atoms with Crippen LogP contribution in [-0.4, -0.2) is 0 Å². The van der Waals surface area contributed by atoms with Crippen molar-refractivity contribution in [3.05, 3.63) is 36.1 Å². The lowest BCUT2D eigenvalue weighted by Gasteiger charge is -2.05. The van der Waals surface area contributed by atoms with E-state index in [1.807, 2.05) is 18.4 Å². The van der Waals surface area contributed by atoms with Crippen LogP contribution < -0.4 is 0 Å². The van der Waals surface area contributed by atoms with Crippen molar-refractivity contribution in [3.63, 3.8) is 0 Å². The molecule has 1 heteroatoms. The van der Waals surface area contributed by atoms with Crippen molar-refractivity contribution in [2.24, 2.45) is 0 Å². The quantitative estimate of drug-likeness (QED) is 0.653. The number of fused-ring (bicyclic) bond motifs is 1. The number of hydrogen-bond donors (Lipinski definition) is 0. The molecule has 1 aliphatic carbocycles. The van der Waals surface area contributed by atoms with E-state index in [2.05, 4.69) is 12.1 Å². The van der Waals surface area contributed by atoms with Gasteiger partial charge in [0.05, 0.1) is 6.26 Å². The topological polar surface area (TPSA) is 13.1 Å². The molecule has 1 fully saturated rings. The van der Waals surface area contributed by atoms with E-state index >= 15 is 0 Å². The molecule has 1 aliphatic rings. The highest BCUT2D eigenvalue weighted by molar-refractivity contribution is 5.81. The highest BCUT2D eigenvalue weighted by Gasteiger charge is 2.20. The normalized spacial score (nSPS) is 18.0. The Bertz CT molecular complexity index is 435. The number of benzene rings is 1. The van der Waals surface area contributed by atoms with Crippen molar-refractivity contribution in [3.8, 4) is 0 Å². The van der Waals surface area contributed by atoms with Gasteiger partial charge in [-0.15, -0.1) is 0 Å². The van der Waals surface area contributed by atoms with Gasteiger partial charge in [0.25, 0.3) is 0 Å². The van der Waals surface area contributed by atoms with Gasteiger partial charge in [-0.1, -0.05) is 31.0 Å². The van der Waals surface area contributed by atoms with Gasteiger partial charge in [-0.2, -0.15) is 0 Å². The maximum atomic E-state index is 5.56. The van der Waals surface area contributed by atoms with Crippen LogP contribution in [0.1, 0.15) is 37.2 Å². The van der Waals surface area contributed by atoms with Crippen LogP contribution in [-0.2, 0) is 0 Å². The van der Waals surface area contributed by atoms with Crippen LogP contribution in [0.5, 0.6) is 0 Å². The first-order chi connectivity index (χ1) is 6.95. The Morgan fingerprint density at radius 2 is 1.86 bits per heavy atom. The lowest BCUT2D eigenvalue weighted by atomic mass is 9.97. The summed E-state index contributed by atoms with van der Waals surface area (Å²) >= 11 is 0. The molecule has 0 unspecified atom stereocenters. The lowest BCUT2D eigenvalue weighted by Crippen LogP contribution is -1.89. The zero-order valence-electron chi connectivity index (χ0n) is 8.20. The monoisotopic (exact) mass is 186 g/mol. The second-order valence-electron chi connectivity index (χ2n) is 4.17. The highest BCUT2D eigenvalue weighted by atomic mass is 16.3. The third-order valence-corrected chi connectivity index (χ3v) is 3.31. The van der Waals surface area contributed by atoms with E-state index in [9.17, 15) is 0 Å². The average Bonchev–Trinajstić information content (AvgIpc) is 2.85. The molecule has 1 heterocycles. The molecule has 72 valence electrons. The molecule has 0 spiro atoms. The van der Waals surface area contributed by atoms with Crippen LogP contribution >= 0.6 is 0 Å². The molecular weight excluding hydrogens is 172 g/mol. The Balaban J connectivity index is 2.11. The number of furan rings is 1. The SMILES string of the molecule is c1ccc2c(C3CCCC3)coc2c1. The fourth-order valence-corrected chi connectivity index (χ4v) is 2.55. The summed E-state index contributed by atoms with van der Waals surface area (Å²) in [5.74, 6) is 0.749. The summed E-state index contributed by atoms with van der Waals surface area (Å²) in [6, 6.07) is 8.35. The molecule has 3 rings (SSSR count). The molecule has 0 saturated heterocycles. The molecule has 14 heavy (non-hydrogen) atoms. The maximum Gasteiger partial charge on any atom is 0.134 e. The van der Waals surface area contributed by atoms with Crippen LogP contribution in [0.15, 0.2) is 34.9 Å². The summed E-state index contributed by atoms with van der Waals surface area (Å²) in [6.07, 6.45) is 7.39. The molecule has 0 bridgehead atoms. The summed E-state index contributed by atoms with van der Waals surface area (Å²) < 4.78 is 5.56. The standard InChI is InChI=1S/C13H14O/c1-2-6-10(5-1)12-9-14-13-8-4-3-7-11(12)13/h3-4,7-10H,1-2,5-6H2. The van der Waals surface area contributed by atoms with E-state index in [4.69, 9.17) is 4.42 Å². The van der Waals surface area contributed by atoms with Crippen molar-refractivity contribution < 1.29 is 4.42 Å². The van der Waals surface area contributed by atoms with Gasteiger partial charge in [-0.05, 0) is 24.8 Å². The molecule has 0 N–H and O–H groups in total. The Labute approximate surface area is 83.7 Å². The van der Waals surface area contributed by atoms with Crippen LogP contribution in [0.25, 0.3) is 11.0 Å². The van der Waals surface area contributed by atoms with E-state index < -0.39 is 0 Å². The lowest BCUT2D eigenvalue weighted by molar-refractivity contribution is 0.599. The average molecular weight is 186 g/mol. The van der Waals surface area contributed by atoms with Gasteiger partial charge in [-0.3, -0.25) is 0 Å². The van der Waals surface area contributed by atoms with Gasteiger partial charge in [0.1, 0.15) is 5.58 Å². The summed E-state index contributed by atoms with van der Waals surface area (Å²) in [7, 11) is 0. The fraction of sp³-hybridized carbons (Fsp3) is 0.385. The summed E-state index contributed by atoms with van der Waals surface area (Å²) in [5.41, 5.74) is 2.47. The summed E-state index contributed by atoms with van der Waals surface area (Å²) in [5, 5.41) is 1.32. The smallest absolute Gasteiger partial charge is 0.134 e. The van der Waals surface area contributed by atoms with Crippen LogP contribution in [0.3, 0.4) is 0 Å². The second-order valence-corrected chi connectivity index (χ2v) is 4.17.